The lowest BCUT2D eigenvalue weighted by Crippen LogP contribution is -1.98. The summed E-state index contributed by atoms with van der Waals surface area (Å²) in [6.45, 7) is 2.03. The fourth-order valence-electron chi connectivity index (χ4n) is 1.55. The second kappa shape index (κ2) is 5.17. The van der Waals surface area contributed by atoms with Gasteiger partial charge in [-0.3, -0.25) is 0 Å². The lowest BCUT2D eigenvalue weighted by atomic mass is 10.2. The van der Waals surface area contributed by atoms with Crippen molar-refractivity contribution in [3.05, 3.63) is 83.8 Å². The zero-order valence-electron chi connectivity index (χ0n) is 9.35. The van der Waals surface area contributed by atoms with Crippen LogP contribution in [0.25, 0.3) is 0 Å². The van der Waals surface area contributed by atoms with Crippen molar-refractivity contribution in [2.24, 2.45) is 0 Å². The SMILES string of the molecule is C1=CC2=CC=CC2=C1.CC1=CC=CC=CN1. The van der Waals surface area contributed by atoms with E-state index in [9.17, 15) is 0 Å². The molecule has 80 valence electrons. The van der Waals surface area contributed by atoms with Gasteiger partial charge in [-0.05, 0) is 30.2 Å². The molecule has 0 unspecified atom stereocenters. The molecule has 0 aromatic carbocycles. The van der Waals surface area contributed by atoms with Gasteiger partial charge >= 0.3 is 0 Å². The van der Waals surface area contributed by atoms with E-state index in [0.717, 1.165) is 0 Å². The Hall–Kier alpha value is -2.02. The molecule has 0 aromatic heterocycles. The van der Waals surface area contributed by atoms with Crippen molar-refractivity contribution in [3.63, 3.8) is 0 Å². The molecular weight excluding hydrogens is 194 g/mol. The smallest absolute Gasteiger partial charge is 0.0115 e. The topological polar surface area (TPSA) is 12.0 Å². The molecule has 0 radical (unpaired) electrons. The van der Waals surface area contributed by atoms with Crippen LogP contribution in [0.15, 0.2) is 83.8 Å². The number of nitrogens with one attached hydrogen (secondary N) is 1. The van der Waals surface area contributed by atoms with Crippen LogP contribution in [0.4, 0.5) is 0 Å². The van der Waals surface area contributed by atoms with Gasteiger partial charge in [0.05, 0.1) is 0 Å². The van der Waals surface area contributed by atoms with Gasteiger partial charge in [0.2, 0.25) is 0 Å². The van der Waals surface area contributed by atoms with Crippen LogP contribution in [0.3, 0.4) is 0 Å². The highest BCUT2D eigenvalue weighted by atomic mass is 14.8. The zero-order valence-corrected chi connectivity index (χ0v) is 9.35. The van der Waals surface area contributed by atoms with Crippen LogP contribution in [-0.2, 0) is 0 Å². The first-order valence-electron chi connectivity index (χ1n) is 5.40. The van der Waals surface area contributed by atoms with Crippen molar-refractivity contribution in [1.82, 2.24) is 5.32 Å². The zero-order chi connectivity index (χ0) is 11.2. The Bertz CT molecular complexity index is 440. The molecule has 0 amide bonds. The van der Waals surface area contributed by atoms with Crippen LogP contribution >= 0.6 is 0 Å². The van der Waals surface area contributed by atoms with Crippen LogP contribution in [0.5, 0.6) is 0 Å². The fraction of sp³-hybridized carbons (Fsp3) is 0.0667. The van der Waals surface area contributed by atoms with Gasteiger partial charge in [-0.25, -0.2) is 0 Å². The number of hydrogen-bond donors (Lipinski definition) is 1. The summed E-state index contributed by atoms with van der Waals surface area (Å²) in [5.74, 6) is 0. The summed E-state index contributed by atoms with van der Waals surface area (Å²) in [6, 6.07) is 0. The maximum Gasteiger partial charge on any atom is 0.0115 e. The molecule has 0 fully saturated rings. The summed E-state index contributed by atoms with van der Waals surface area (Å²) < 4.78 is 0. The average Bonchev–Trinajstić information content (AvgIpc) is 2.80. The van der Waals surface area contributed by atoms with E-state index in [4.69, 9.17) is 0 Å². The van der Waals surface area contributed by atoms with Crippen molar-refractivity contribution < 1.29 is 0 Å². The van der Waals surface area contributed by atoms with Gasteiger partial charge in [0, 0.05) is 11.9 Å². The minimum absolute atomic E-state index is 1.18. The minimum atomic E-state index is 1.18. The number of allylic oxidation sites excluding steroid dienone is 13. The second-order valence-electron chi connectivity index (χ2n) is 3.70. The molecule has 16 heavy (non-hydrogen) atoms. The van der Waals surface area contributed by atoms with Crippen molar-refractivity contribution in [2.75, 3.05) is 0 Å². The molecular formula is C15H15N. The van der Waals surface area contributed by atoms with Gasteiger partial charge in [0.25, 0.3) is 0 Å². The number of fused-ring (bicyclic) bond motifs is 1. The Morgan fingerprint density at radius 2 is 1.44 bits per heavy atom. The predicted molar refractivity (Wildman–Crippen MR) is 69.6 cm³/mol. The first-order valence-corrected chi connectivity index (χ1v) is 5.40. The Balaban J connectivity index is 0.000000120. The highest BCUT2D eigenvalue weighted by Crippen LogP contribution is 2.23. The molecule has 0 atom stereocenters. The van der Waals surface area contributed by atoms with Gasteiger partial charge in [-0.2, -0.15) is 0 Å². The molecule has 0 spiro atoms. The lowest BCUT2D eigenvalue weighted by Gasteiger charge is -1.93. The van der Waals surface area contributed by atoms with Gasteiger partial charge in [0.1, 0.15) is 0 Å². The van der Waals surface area contributed by atoms with Crippen molar-refractivity contribution >= 4 is 0 Å². The average molecular weight is 209 g/mol. The maximum absolute atomic E-state index is 3.06. The van der Waals surface area contributed by atoms with E-state index in [1.54, 1.807) is 0 Å². The highest BCUT2D eigenvalue weighted by Gasteiger charge is 2.04. The van der Waals surface area contributed by atoms with Gasteiger partial charge in [0.15, 0.2) is 0 Å². The molecule has 1 heteroatoms. The highest BCUT2D eigenvalue weighted by molar-refractivity contribution is 5.59. The Morgan fingerprint density at radius 1 is 0.750 bits per heavy atom. The summed E-state index contributed by atoms with van der Waals surface area (Å²) >= 11 is 0. The Kier molecular flexibility index (Phi) is 3.39. The maximum atomic E-state index is 3.06. The van der Waals surface area contributed by atoms with Gasteiger partial charge in [-0.15, -0.1) is 0 Å². The molecule has 2 aliphatic carbocycles. The van der Waals surface area contributed by atoms with E-state index < -0.39 is 0 Å². The Labute approximate surface area is 96.6 Å². The Morgan fingerprint density at radius 3 is 2.12 bits per heavy atom. The third-order valence-electron chi connectivity index (χ3n) is 2.41. The molecule has 3 aliphatic rings. The summed E-state index contributed by atoms with van der Waals surface area (Å²) in [6.07, 6.45) is 22.5. The van der Waals surface area contributed by atoms with Crippen LogP contribution < -0.4 is 5.32 Å². The molecule has 1 N–H and O–H groups in total. The van der Waals surface area contributed by atoms with Crippen molar-refractivity contribution in [2.45, 2.75) is 6.92 Å². The molecule has 1 heterocycles. The molecule has 1 aliphatic heterocycles. The summed E-state index contributed by atoms with van der Waals surface area (Å²) in [5, 5.41) is 3.06. The van der Waals surface area contributed by atoms with E-state index in [1.807, 2.05) is 37.4 Å². The molecule has 0 bridgehead atoms. The summed E-state index contributed by atoms with van der Waals surface area (Å²) in [7, 11) is 0. The van der Waals surface area contributed by atoms with E-state index in [0.29, 0.717) is 0 Å². The van der Waals surface area contributed by atoms with Crippen LogP contribution in [0, 0.1) is 0 Å². The van der Waals surface area contributed by atoms with Crippen molar-refractivity contribution in [1.29, 1.82) is 0 Å². The third kappa shape index (κ3) is 2.74. The predicted octanol–water partition coefficient (Wildman–Crippen LogP) is 3.54. The first kappa shape index (κ1) is 10.5. The van der Waals surface area contributed by atoms with Crippen LogP contribution in [0.1, 0.15) is 6.92 Å². The van der Waals surface area contributed by atoms with Crippen LogP contribution in [0.2, 0.25) is 0 Å². The molecule has 0 saturated heterocycles. The lowest BCUT2D eigenvalue weighted by molar-refractivity contribution is 1.06. The molecule has 0 aromatic rings. The molecule has 1 nitrogen and oxygen atoms in total. The van der Waals surface area contributed by atoms with Crippen LogP contribution in [-0.4, -0.2) is 0 Å². The monoisotopic (exact) mass is 209 g/mol. The van der Waals surface area contributed by atoms with Gasteiger partial charge < -0.3 is 5.32 Å². The van der Waals surface area contributed by atoms with E-state index >= 15 is 0 Å². The quantitative estimate of drug-likeness (QED) is 0.643. The normalized spacial score (nSPS) is 18.9. The summed E-state index contributed by atoms with van der Waals surface area (Å²) in [5.41, 5.74) is 3.88. The minimum Gasteiger partial charge on any atom is -0.365 e. The van der Waals surface area contributed by atoms with Gasteiger partial charge in [-0.1, -0.05) is 48.6 Å². The fourth-order valence-corrected chi connectivity index (χ4v) is 1.55. The molecule has 0 saturated carbocycles. The van der Waals surface area contributed by atoms with E-state index in [2.05, 4.69) is 41.8 Å². The summed E-state index contributed by atoms with van der Waals surface area (Å²) in [4.78, 5) is 0. The first-order chi connectivity index (χ1) is 7.86. The van der Waals surface area contributed by atoms with Crippen molar-refractivity contribution in [3.8, 4) is 0 Å². The molecule has 3 rings (SSSR count). The standard InChI is InChI=1S/C8H6.C7H9N/c1-3-7-5-2-6-8(7)4-1;1-7-5-3-2-4-6-8-7/h1-6H;2-6,8H,1H3. The second-order valence-corrected chi connectivity index (χ2v) is 3.70. The van der Waals surface area contributed by atoms with E-state index in [-0.39, 0.29) is 0 Å². The number of hydrogen-bond acceptors (Lipinski definition) is 1. The van der Waals surface area contributed by atoms with E-state index in [1.165, 1.54) is 16.8 Å². The largest absolute Gasteiger partial charge is 0.365 e. The number of rotatable bonds is 0. The third-order valence-corrected chi connectivity index (χ3v) is 2.41.